The summed E-state index contributed by atoms with van der Waals surface area (Å²) in [5.41, 5.74) is 1.91. The molecule has 8 nitrogen and oxygen atoms in total. The van der Waals surface area contributed by atoms with Crippen molar-refractivity contribution >= 4 is 27.7 Å². The van der Waals surface area contributed by atoms with Crippen molar-refractivity contribution in [1.29, 1.82) is 0 Å². The summed E-state index contributed by atoms with van der Waals surface area (Å²) in [7, 11) is -3.68. The van der Waals surface area contributed by atoms with Crippen LogP contribution in [0.25, 0.3) is 0 Å². The molecule has 0 aromatic heterocycles. The maximum Gasteiger partial charge on any atom is 0.263 e. The normalized spacial score (nSPS) is 19.5. The summed E-state index contributed by atoms with van der Waals surface area (Å²) < 4.78 is 27.4. The average molecular weight is 497 g/mol. The highest BCUT2D eigenvalue weighted by Gasteiger charge is 2.33. The fourth-order valence-electron chi connectivity index (χ4n) is 4.42. The lowest BCUT2D eigenvalue weighted by atomic mass is 9.98. The summed E-state index contributed by atoms with van der Waals surface area (Å²) in [4.78, 5) is 32.6. The Morgan fingerprint density at radius 1 is 1.09 bits per heavy atom. The Labute approximate surface area is 206 Å². The van der Waals surface area contributed by atoms with Crippen LogP contribution in [-0.2, 0) is 21.4 Å². The van der Waals surface area contributed by atoms with E-state index in [1.165, 1.54) is 6.07 Å². The third-order valence-corrected chi connectivity index (χ3v) is 8.06. The molecule has 2 atom stereocenters. The number of nitrogens with one attached hydrogen (secondary N) is 2. The lowest BCUT2D eigenvalue weighted by Crippen LogP contribution is -2.39. The molecule has 0 bridgehead atoms. The zero-order valence-corrected chi connectivity index (χ0v) is 21.0. The number of hydrogen-bond acceptors (Lipinski definition) is 5. The van der Waals surface area contributed by atoms with Gasteiger partial charge in [-0.1, -0.05) is 44.5 Å². The second-order valence-corrected chi connectivity index (χ2v) is 10.8. The van der Waals surface area contributed by atoms with E-state index in [9.17, 15) is 18.0 Å². The Morgan fingerprint density at radius 2 is 1.83 bits per heavy atom. The van der Waals surface area contributed by atoms with Crippen LogP contribution in [0.15, 0.2) is 58.4 Å². The minimum atomic E-state index is -3.68. The fraction of sp³-hybridized carbons (Fsp3) is 0.423. The van der Waals surface area contributed by atoms with Gasteiger partial charge in [-0.3, -0.25) is 19.3 Å². The monoisotopic (exact) mass is 496 g/mol. The molecule has 0 unspecified atom stereocenters. The van der Waals surface area contributed by atoms with E-state index in [2.05, 4.69) is 15.0 Å². The van der Waals surface area contributed by atoms with Crippen LogP contribution >= 0.6 is 0 Å². The predicted octanol–water partition coefficient (Wildman–Crippen LogP) is 3.08. The number of fused-ring (bicyclic) bond motifs is 1. The van der Waals surface area contributed by atoms with Crippen LogP contribution in [0.5, 0.6) is 0 Å². The van der Waals surface area contributed by atoms with Crippen LogP contribution in [0.2, 0.25) is 0 Å². The van der Waals surface area contributed by atoms with Crippen LogP contribution < -0.4 is 10.0 Å². The summed E-state index contributed by atoms with van der Waals surface area (Å²) in [5.74, 6) is -0.181. The molecule has 4 rings (SSSR count). The average Bonchev–Trinajstić information content (AvgIpc) is 3.15. The number of hydrogen-bond donors (Lipinski definition) is 2. The predicted molar refractivity (Wildman–Crippen MR) is 135 cm³/mol. The second kappa shape index (κ2) is 10.6. The van der Waals surface area contributed by atoms with Gasteiger partial charge in [-0.25, -0.2) is 8.42 Å². The summed E-state index contributed by atoms with van der Waals surface area (Å²) in [6.07, 6.45) is 3.91. The molecule has 2 amide bonds. The minimum Gasteiger partial charge on any atom is -0.350 e. The number of amides is 2. The van der Waals surface area contributed by atoms with E-state index in [4.69, 9.17) is 0 Å². The summed E-state index contributed by atoms with van der Waals surface area (Å²) in [5, 5.41) is 2.93. The summed E-state index contributed by atoms with van der Waals surface area (Å²) in [6.45, 7) is 5.70. The lowest BCUT2D eigenvalue weighted by molar-refractivity contribution is -0.123. The number of piperidine rings is 1. The van der Waals surface area contributed by atoms with E-state index in [-0.39, 0.29) is 35.0 Å². The number of rotatable bonds is 7. The van der Waals surface area contributed by atoms with E-state index < -0.39 is 16.1 Å². The van der Waals surface area contributed by atoms with Crippen molar-refractivity contribution < 1.29 is 18.0 Å². The number of benzene rings is 2. The number of nitrogens with zero attached hydrogens (tertiary/aromatic N) is 2. The Morgan fingerprint density at radius 3 is 2.57 bits per heavy atom. The molecule has 2 heterocycles. The van der Waals surface area contributed by atoms with E-state index in [1.807, 2.05) is 36.9 Å². The van der Waals surface area contributed by atoms with E-state index >= 15 is 0 Å². The molecule has 186 valence electrons. The van der Waals surface area contributed by atoms with Crippen molar-refractivity contribution in [3.63, 3.8) is 0 Å². The molecule has 1 saturated heterocycles. The molecule has 2 aromatic carbocycles. The molecule has 2 aliphatic rings. The summed E-state index contributed by atoms with van der Waals surface area (Å²) in [6, 6.07) is 13.2. The first kappa shape index (κ1) is 24.9. The largest absolute Gasteiger partial charge is 0.350 e. The Hall–Kier alpha value is -3.20. The number of carbonyl (C=O) groups is 2. The van der Waals surface area contributed by atoms with Gasteiger partial charge in [0.2, 0.25) is 5.91 Å². The zero-order chi connectivity index (χ0) is 25.0. The highest BCUT2D eigenvalue weighted by Crippen LogP contribution is 2.24. The number of aliphatic imine (C=N–C) groups is 1. The van der Waals surface area contributed by atoms with Crippen LogP contribution in [-0.4, -0.2) is 50.1 Å². The SMILES string of the molecule is CC[C@H](C)[C@H](N=C1NS(=O)(=O)c2ccccc21)C(=O)NCc1cccc(C(=O)N2CCCCC2)c1. The van der Waals surface area contributed by atoms with Gasteiger partial charge in [0.05, 0.1) is 4.90 Å². The highest BCUT2D eigenvalue weighted by atomic mass is 32.2. The molecular formula is C26H32N4O4S. The van der Waals surface area contributed by atoms with Crippen molar-refractivity contribution in [2.75, 3.05) is 13.1 Å². The molecule has 2 N–H and O–H groups in total. The molecule has 2 aliphatic heterocycles. The molecule has 0 radical (unpaired) electrons. The lowest BCUT2D eigenvalue weighted by Gasteiger charge is -2.26. The molecular weight excluding hydrogens is 464 g/mol. The standard InChI is InChI=1S/C26H32N4O4S/c1-3-18(2)23(28-24-21-12-5-6-13-22(21)35(33,34)29-24)25(31)27-17-19-10-9-11-20(16-19)26(32)30-14-7-4-8-15-30/h5-6,9-13,16,18,23H,3-4,7-8,14-15,17H2,1-2H3,(H,27,31)(H,28,29)/t18-,23-/m0/s1. The van der Waals surface area contributed by atoms with Gasteiger partial charge in [0.15, 0.2) is 0 Å². The molecule has 9 heteroatoms. The molecule has 0 aliphatic carbocycles. The van der Waals surface area contributed by atoms with Gasteiger partial charge >= 0.3 is 0 Å². The van der Waals surface area contributed by atoms with E-state index in [1.54, 1.807) is 24.3 Å². The summed E-state index contributed by atoms with van der Waals surface area (Å²) >= 11 is 0. The molecule has 0 saturated carbocycles. The Kier molecular flexibility index (Phi) is 7.54. The zero-order valence-electron chi connectivity index (χ0n) is 20.2. The second-order valence-electron chi connectivity index (χ2n) is 9.18. The number of amidine groups is 1. The van der Waals surface area contributed by atoms with Crippen molar-refractivity contribution in [1.82, 2.24) is 14.9 Å². The van der Waals surface area contributed by atoms with Gasteiger partial charge in [0.25, 0.3) is 15.9 Å². The number of carbonyl (C=O) groups excluding carboxylic acids is 2. The Balaban J connectivity index is 1.49. The molecule has 35 heavy (non-hydrogen) atoms. The van der Waals surface area contributed by atoms with Crippen molar-refractivity contribution in [2.45, 2.75) is 57.0 Å². The van der Waals surface area contributed by atoms with Crippen molar-refractivity contribution in [2.24, 2.45) is 10.9 Å². The topological polar surface area (TPSA) is 108 Å². The number of likely N-dealkylation sites (tertiary alicyclic amines) is 1. The van der Waals surface area contributed by atoms with Crippen LogP contribution in [0.1, 0.15) is 61.0 Å². The maximum absolute atomic E-state index is 13.2. The van der Waals surface area contributed by atoms with Gasteiger partial charge in [0.1, 0.15) is 11.9 Å². The van der Waals surface area contributed by atoms with Crippen molar-refractivity contribution in [3.8, 4) is 0 Å². The quantitative estimate of drug-likeness (QED) is 0.614. The van der Waals surface area contributed by atoms with Crippen molar-refractivity contribution in [3.05, 3.63) is 65.2 Å². The van der Waals surface area contributed by atoms with E-state index in [0.29, 0.717) is 17.5 Å². The van der Waals surface area contributed by atoms with Gasteiger partial charge in [-0.05, 0) is 55.0 Å². The van der Waals surface area contributed by atoms with Gasteiger partial charge in [-0.15, -0.1) is 0 Å². The molecule has 1 fully saturated rings. The fourth-order valence-corrected chi connectivity index (χ4v) is 5.66. The maximum atomic E-state index is 13.2. The molecule has 2 aromatic rings. The minimum absolute atomic E-state index is 0.0222. The molecule has 0 spiro atoms. The van der Waals surface area contributed by atoms with Gasteiger partial charge in [0, 0.05) is 30.8 Å². The van der Waals surface area contributed by atoms with Crippen LogP contribution in [0.4, 0.5) is 0 Å². The first-order valence-electron chi connectivity index (χ1n) is 12.2. The highest BCUT2D eigenvalue weighted by molar-refractivity contribution is 7.90. The smallest absolute Gasteiger partial charge is 0.263 e. The van der Waals surface area contributed by atoms with Gasteiger partial charge < -0.3 is 10.2 Å². The Bertz CT molecular complexity index is 1240. The van der Waals surface area contributed by atoms with E-state index in [0.717, 1.165) is 37.9 Å². The van der Waals surface area contributed by atoms with Crippen LogP contribution in [0.3, 0.4) is 0 Å². The first-order chi connectivity index (χ1) is 16.8. The third kappa shape index (κ3) is 5.56. The van der Waals surface area contributed by atoms with Gasteiger partial charge in [-0.2, -0.15) is 0 Å². The number of sulfonamides is 1. The third-order valence-electron chi connectivity index (χ3n) is 6.67. The first-order valence-corrected chi connectivity index (χ1v) is 13.6. The van der Waals surface area contributed by atoms with Crippen LogP contribution in [0, 0.1) is 5.92 Å².